The van der Waals surface area contributed by atoms with Crippen LogP contribution in [0.25, 0.3) is 0 Å². The molecular formula is C21H27N3O2. The van der Waals surface area contributed by atoms with Crippen molar-refractivity contribution < 1.29 is 9.47 Å². The predicted molar refractivity (Wildman–Crippen MR) is 107 cm³/mol. The highest BCUT2D eigenvalue weighted by molar-refractivity contribution is 5.57. The molecule has 5 heteroatoms. The van der Waals surface area contributed by atoms with Crippen molar-refractivity contribution in [1.29, 1.82) is 0 Å². The Labute approximate surface area is 156 Å². The molecular weight excluding hydrogens is 326 g/mol. The van der Waals surface area contributed by atoms with Crippen molar-refractivity contribution >= 4 is 11.4 Å². The van der Waals surface area contributed by atoms with Crippen LogP contribution in [0.4, 0.5) is 11.4 Å². The van der Waals surface area contributed by atoms with E-state index in [1.807, 2.05) is 12.1 Å². The number of nitrogens with zero attached hydrogens (tertiary/aromatic N) is 3. The third-order valence-corrected chi connectivity index (χ3v) is 4.57. The van der Waals surface area contributed by atoms with Gasteiger partial charge in [0.1, 0.15) is 0 Å². The van der Waals surface area contributed by atoms with Crippen LogP contribution in [0.2, 0.25) is 0 Å². The molecule has 0 saturated carbocycles. The Morgan fingerprint density at radius 2 is 1.69 bits per heavy atom. The lowest BCUT2D eigenvalue weighted by Crippen LogP contribution is -2.38. The lowest BCUT2D eigenvalue weighted by atomic mass is 10.2. The molecule has 0 radical (unpaired) electrons. The van der Waals surface area contributed by atoms with Gasteiger partial charge in [-0.15, -0.1) is 0 Å². The average molecular weight is 353 g/mol. The van der Waals surface area contributed by atoms with Crippen LogP contribution in [0.1, 0.15) is 5.56 Å². The first-order valence-electron chi connectivity index (χ1n) is 8.74. The molecule has 2 aromatic carbocycles. The van der Waals surface area contributed by atoms with Gasteiger partial charge in [-0.1, -0.05) is 12.1 Å². The van der Waals surface area contributed by atoms with Crippen LogP contribution in [0, 0.1) is 0 Å². The molecule has 2 aromatic rings. The van der Waals surface area contributed by atoms with Gasteiger partial charge in [0.15, 0.2) is 11.5 Å². The third-order valence-electron chi connectivity index (χ3n) is 4.57. The Morgan fingerprint density at radius 1 is 0.962 bits per heavy atom. The SMILES string of the molecule is COc1ccc(N2CC=CN(Cc3ccc(N(C)C)cc3)C2)cc1OC. The van der Waals surface area contributed by atoms with Gasteiger partial charge in [-0.2, -0.15) is 0 Å². The molecule has 0 saturated heterocycles. The smallest absolute Gasteiger partial charge is 0.162 e. The fourth-order valence-electron chi connectivity index (χ4n) is 3.09. The maximum Gasteiger partial charge on any atom is 0.162 e. The summed E-state index contributed by atoms with van der Waals surface area (Å²) in [4.78, 5) is 6.74. The van der Waals surface area contributed by atoms with Crippen molar-refractivity contribution in [3.63, 3.8) is 0 Å². The van der Waals surface area contributed by atoms with E-state index in [-0.39, 0.29) is 0 Å². The summed E-state index contributed by atoms with van der Waals surface area (Å²) in [6.45, 7) is 2.60. The maximum atomic E-state index is 5.43. The minimum atomic E-state index is 0.752. The molecule has 1 aliphatic heterocycles. The first-order valence-corrected chi connectivity index (χ1v) is 8.74. The van der Waals surface area contributed by atoms with E-state index in [0.717, 1.165) is 36.9 Å². The Hall–Kier alpha value is -2.82. The van der Waals surface area contributed by atoms with E-state index in [1.165, 1.54) is 11.3 Å². The summed E-state index contributed by atoms with van der Waals surface area (Å²) in [5.74, 6) is 1.51. The number of anilines is 2. The van der Waals surface area contributed by atoms with E-state index in [0.29, 0.717) is 0 Å². The highest BCUT2D eigenvalue weighted by atomic mass is 16.5. The average Bonchev–Trinajstić information content (AvgIpc) is 2.68. The van der Waals surface area contributed by atoms with E-state index in [9.17, 15) is 0 Å². The molecule has 0 unspecified atom stereocenters. The second kappa shape index (κ2) is 8.04. The minimum Gasteiger partial charge on any atom is -0.493 e. The third kappa shape index (κ3) is 4.04. The van der Waals surface area contributed by atoms with Gasteiger partial charge in [-0.25, -0.2) is 0 Å². The van der Waals surface area contributed by atoms with Crippen LogP contribution in [-0.2, 0) is 6.54 Å². The Kier molecular flexibility index (Phi) is 5.56. The quantitative estimate of drug-likeness (QED) is 0.792. The number of hydrogen-bond acceptors (Lipinski definition) is 5. The fourth-order valence-corrected chi connectivity index (χ4v) is 3.09. The number of ether oxygens (including phenoxy) is 2. The van der Waals surface area contributed by atoms with Crippen LogP contribution in [0.3, 0.4) is 0 Å². The van der Waals surface area contributed by atoms with Crippen molar-refractivity contribution in [3.8, 4) is 11.5 Å². The summed E-state index contributed by atoms with van der Waals surface area (Å²) >= 11 is 0. The number of rotatable bonds is 6. The van der Waals surface area contributed by atoms with E-state index in [4.69, 9.17) is 9.47 Å². The van der Waals surface area contributed by atoms with Gasteiger partial charge < -0.3 is 24.2 Å². The topological polar surface area (TPSA) is 28.2 Å². The van der Waals surface area contributed by atoms with Gasteiger partial charge >= 0.3 is 0 Å². The zero-order chi connectivity index (χ0) is 18.5. The molecule has 0 spiro atoms. The van der Waals surface area contributed by atoms with Gasteiger partial charge in [0.05, 0.1) is 20.9 Å². The fraction of sp³-hybridized carbons (Fsp3) is 0.333. The van der Waals surface area contributed by atoms with Crippen LogP contribution in [0.5, 0.6) is 11.5 Å². The second-order valence-corrected chi connectivity index (χ2v) is 6.60. The lowest BCUT2D eigenvalue weighted by molar-refractivity contribution is 0.349. The lowest BCUT2D eigenvalue weighted by Gasteiger charge is -2.34. The van der Waals surface area contributed by atoms with E-state index in [1.54, 1.807) is 14.2 Å². The minimum absolute atomic E-state index is 0.752. The molecule has 138 valence electrons. The van der Waals surface area contributed by atoms with Crippen molar-refractivity contribution in [2.24, 2.45) is 0 Å². The van der Waals surface area contributed by atoms with Gasteiger partial charge in [0.2, 0.25) is 0 Å². The molecule has 1 aliphatic rings. The highest BCUT2D eigenvalue weighted by Crippen LogP contribution is 2.32. The highest BCUT2D eigenvalue weighted by Gasteiger charge is 2.15. The number of benzene rings is 2. The van der Waals surface area contributed by atoms with Crippen LogP contribution in [-0.4, -0.2) is 46.4 Å². The zero-order valence-corrected chi connectivity index (χ0v) is 16.0. The molecule has 26 heavy (non-hydrogen) atoms. The van der Waals surface area contributed by atoms with Crippen molar-refractivity contribution in [1.82, 2.24) is 4.90 Å². The molecule has 0 amide bonds. The van der Waals surface area contributed by atoms with Crippen LogP contribution >= 0.6 is 0 Å². The van der Waals surface area contributed by atoms with Gasteiger partial charge in [0, 0.05) is 44.6 Å². The van der Waals surface area contributed by atoms with Gasteiger partial charge in [-0.05, 0) is 42.1 Å². The molecule has 5 nitrogen and oxygen atoms in total. The standard InChI is InChI=1S/C21H27N3O2/c1-22(2)18-8-6-17(7-9-18)15-23-12-5-13-24(16-23)19-10-11-20(25-3)21(14-19)26-4/h5-12,14H,13,15-16H2,1-4H3. The molecule has 0 fully saturated rings. The van der Waals surface area contributed by atoms with E-state index >= 15 is 0 Å². The second-order valence-electron chi connectivity index (χ2n) is 6.60. The normalized spacial score (nSPS) is 13.7. The molecule has 3 rings (SSSR count). The largest absolute Gasteiger partial charge is 0.493 e. The molecule has 0 aliphatic carbocycles. The summed E-state index contributed by atoms with van der Waals surface area (Å²) < 4.78 is 10.8. The van der Waals surface area contributed by atoms with Gasteiger partial charge in [0.25, 0.3) is 0 Å². The van der Waals surface area contributed by atoms with Crippen LogP contribution < -0.4 is 19.3 Å². The monoisotopic (exact) mass is 353 g/mol. The summed E-state index contributed by atoms with van der Waals surface area (Å²) in [7, 11) is 7.44. The molecule has 1 heterocycles. The van der Waals surface area contributed by atoms with Crippen molar-refractivity contribution in [2.75, 3.05) is 51.3 Å². The Balaban J connectivity index is 1.69. The van der Waals surface area contributed by atoms with E-state index < -0.39 is 0 Å². The predicted octanol–water partition coefficient (Wildman–Crippen LogP) is 3.56. The number of methoxy groups -OCH3 is 2. The van der Waals surface area contributed by atoms with E-state index in [2.05, 4.69) is 71.4 Å². The summed E-state index contributed by atoms with van der Waals surface area (Å²) in [5, 5.41) is 0. The van der Waals surface area contributed by atoms with Crippen LogP contribution in [0.15, 0.2) is 54.7 Å². The van der Waals surface area contributed by atoms with Gasteiger partial charge in [-0.3, -0.25) is 0 Å². The first-order chi connectivity index (χ1) is 12.6. The Bertz CT molecular complexity index is 756. The van der Waals surface area contributed by atoms with Crippen molar-refractivity contribution in [3.05, 3.63) is 60.3 Å². The molecule has 0 N–H and O–H groups in total. The molecule has 0 bridgehead atoms. The zero-order valence-electron chi connectivity index (χ0n) is 16.0. The number of hydrogen-bond donors (Lipinski definition) is 0. The summed E-state index contributed by atoms with van der Waals surface area (Å²) in [5.41, 5.74) is 3.64. The molecule has 0 atom stereocenters. The Morgan fingerprint density at radius 3 is 2.35 bits per heavy atom. The maximum absolute atomic E-state index is 5.43. The molecule has 0 aromatic heterocycles. The first kappa shape index (κ1) is 18.0. The van der Waals surface area contributed by atoms with Crippen molar-refractivity contribution in [2.45, 2.75) is 6.54 Å². The summed E-state index contributed by atoms with van der Waals surface area (Å²) in [6.07, 6.45) is 4.37. The summed E-state index contributed by atoms with van der Waals surface area (Å²) in [6, 6.07) is 14.8.